The first kappa shape index (κ1) is 20.7. The van der Waals surface area contributed by atoms with Gasteiger partial charge in [0.15, 0.2) is 5.82 Å². The molecule has 3 aromatic rings. The summed E-state index contributed by atoms with van der Waals surface area (Å²) in [5.41, 5.74) is 2.62. The maximum absolute atomic E-state index is 11.5. The van der Waals surface area contributed by atoms with Gasteiger partial charge in [0.1, 0.15) is 5.82 Å². The molecule has 0 atom stereocenters. The van der Waals surface area contributed by atoms with Crippen LogP contribution in [-0.2, 0) is 19.4 Å². The van der Waals surface area contributed by atoms with E-state index in [0.29, 0.717) is 12.1 Å². The number of hydrogen-bond acceptors (Lipinski definition) is 4. The third-order valence-electron chi connectivity index (χ3n) is 4.91. The molecule has 0 aliphatic heterocycles. The lowest BCUT2D eigenvalue weighted by molar-refractivity contribution is 0.0697. The molecule has 6 nitrogen and oxygen atoms in total. The lowest BCUT2D eigenvalue weighted by Crippen LogP contribution is -2.08. The second-order valence-electron chi connectivity index (χ2n) is 7.20. The predicted octanol–water partition coefficient (Wildman–Crippen LogP) is 4.77. The topological polar surface area (TPSA) is 80.9 Å². The molecule has 0 radical (unpaired) electrons. The quantitative estimate of drug-likeness (QED) is 0.537. The van der Waals surface area contributed by atoms with Crippen molar-refractivity contribution in [2.75, 3.05) is 0 Å². The Morgan fingerprint density at radius 1 is 1.03 bits per heavy atom. The van der Waals surface area contributed by atoms with Crippen LogP contribution in [0.4, 0.5) is 0 Å². The number of nitrogens with zero attached hydrogens (tertiary/aromatic N) is 4. The van der Waals surface area contributed by atoms with Crippen LogP contribution < -0.4 is 0 Å². The molecule has 3 rings (SSSR count). The van der Waals surface area contributed by atoms with Gasteiger partial charge in [-0.05, 0) is 30.5 Å². The summed E-state index contributed by atoms with van der Waals surface area (Å²) in [7, 11) is 0. The molecule has 0 aliphatic carbocycles. The second-order valence-corrected chi connectivity index (χ2v) is 7.20. The second kappa shape index (κ2) is 9.96. The largest absolute Gasteiger partial charge is 0.478 e. The van der Waals surface area contributed by atoms with Crippen LogP contribution >= 0.6 is 0 Å². The minimum Gasteiger partial charge on any atom is -0.478 e. The van der Waals surface area contributed by atoms with E-state index >= 15 is 0 Å². The van der Waals surface area contributed by atoms with Crippen molar-refractivity contribution in [2.24, 2.45) is 0 Å². The van der Waals surface area contributed by atoms with Crippen molar-refractivity contribution in [2.45, 2.75) is 58.9 Å². The standard InChI is InChI=1S/C23H28N4O2/c1-3-5-11-21-25-22(12-6-4-2)27(26-21)16-18-14-13-17(15-24-18)19-9-7-8-10-20(19)23(28)29/h7-10,13-15H,3-6,11-12,16H2,1-2H3,(H,28,29). The van der Waals surface area contributed by atoms with Gasteiger partial charge in [0.2, 0.25) is 0 Å². The van der Waals surface area contributed by atoms with Crippen molar-refractivity contribution in [3.05, 3.63) is 65.5 Å². The number of carboxylic acid groups (broad SMARTS) is 1. The molecule has 2 heterocycles. The number of aromatic nitrogens is 4. The third kappa shape index (κ3) is 5.28. The molecule has 0 bridgehead atoms. The van der Waals surface area contributed by atoms with Crippen LogP contribution in [-0.4, -0.2) is 30.8 Å². The lowest BCUT2D eigenvalue weighted by Gasteiger charge is -2.08. The highest BCUT2D eigenvalue weighted by atomic mass is 16.4. The smallest absolute Gasteiger partial charge is 0.336 e. The fraction of sp³-hybridized carbons (Fsp3) is 0.391. The molecular formula is C23H28N4O2. The number of aromatic carboxylic acids is 1. The number of carboxylic acids is 1. The van der Waals surface area contributed by atoms with Crippen molar-refractivity contribution in [1.82, 2.24) is 19.7 Å². The van der Waals surface area contributed by atoms with Crippen molar-refractivity contribution in [3.8, 4) is 11.1 Å². The van der Waals surface area contributed by atoms with Crippen LogP contribution in [0.25, 0.3) is 11.1 Å². The van der Waals surface area contributed by atoms with E-state index in [2.05, 4.69) is 18.8 Å². The number of unbranched alkanes of at least 4 members (excludes halogenated alkanes) is 2. The van der Waals surface area contributed by atoms with Crippen molar-refractivity contribution < 1.29 is 9.90 Å². The molecule has 152 valence electrons. The summed E-state index contributed by atoms with van der Waals surface area (Å²) in [5, 5.41) is 14.1. The Kier molecular flexibility index (Phi) is 7.11. The van der Waals surface area contributed by atoms with E-state index in [1.165, 1.54) is 0 Å². The van der Waals surface area contributed by atoms with E-state index in [9.17, 15) is 9.90 Å². The van der Waals surface area contributed by atoms with E-state index in [4.69, 9.17) is 10.1 Å². The van der Waals surface area contributed by atoms with Gasteiger partial charge in [0.25, 0.3) is 0 Å². The fourth-order valence-electron chi connectivity index (χ4n) is 3.27. The molecule has 0 amide bonds. The maximum atomic E-state index is 11.5. The first-order chi connectivity index (χ1) is 14.1. The zero-order valence-electron chi connectivity index (χ0n) is 17.1. The molecule has 0 aliphatic rings. The van der Waals surface area contributed by atoms with Gasteiger partial charge in [-0.1, -0.05) is 51.0 Å². The van der Waals surface area contributed by atoms with E-state index in [0.717, 1.165) is 61.4 Å². The van der Waals surface area contributed by atoms with Gasteiger partial charge in [0.05, 0.1) is 17.8 Å². The van der Waals surface area contributed by atoms with Gasteiger partial charge < -0.3 is 5.11 Å². The Bertz CT molecular complexity index is 948. The lowest BCUT2D eigenvalue weighted by atomic mass is 10.0. The molecule has 1 N–H and O–H groups in total. The maximum Gasteiger partial charge on any atom is 0.336 e. The molecule has 29 heavy (non-hydrogen) atoms. The normalized spacial score (nSPS) is 11.0. The highest BCUT2D eigenvalue weighted by molar-refractivity contribution is 5.95. The summed E-state index contributed by atoms with van der Waals surface area (Å²) < 4.78 is 1.97. The number of pyridine rings is 1. The van der Waals surface area contributed by atoms with Crippen molar-refractivity contribution >= 4 is 5.97 Å². The first-order valence-corrected chi connectivity index (χ1v) is 10.3. The summed E-state index contributed by atoms with van der Waals surface area (Å²) in [4.78, 5) is 20.8. The average Bonchev–Trinajstić information content (AvgIpc) is 3.12. The summed E-state index contributed by atoms with van der Waals surface area (Å²) in [6, 6.07) is 10.8. The number of rotatable bonds is 10. The predicted molar refractivity (Wildman–Crippen MR) is 113 cm³/mol. The van der Waals surface area contributed by atoms with Crippen molar-refractivity contribution in [3.63, 3.8) is 0 Å². The number of hydrogen-bond donors (Lipinski definition) is 1. The van der Waals surface area contributed by atoms with E-state index in [1.807, 2.05) is 22.9 Å². The Balaban J connectivity index is 1.81. The molecule has 6 heteroatoms. The van der Waals surface area contributed by atoms with Crippen LogP contribution in [0.15, 0.2) is 42.6 Å². The highest BCUT2D eigenvalue weighted by Gasteiger charge is 2.13. The third-order valence-corrected chi connectivity index (χ3v) is 4.91. The van der Waals surface area contributed by atoms with Gasteiger partial charge in [-0.2, -0.15) is 5.10 Å². The summed E-state index contributed by atoms with van der Waals surface area (Å²) in [6.45, 7) is 4.91. The van der Waals surface area contributed by atoms with Crippen LogP contribution in [0.2, 0.25) is 0 Å². The Hall–Kier alpha value is -3.02. The highest BCUT2D eigenvalue weighted by Crippen LogP contribution is 2.23. The molecule has 2 aromatic heterocycles. The zero-order chi connectivity index (χ0) is 20.6. The molecule has 0 spiro atoms. The minimum absolute atomic E-state index is 0.278. The Labute approximate surface area is 171 Å². The minimum atomic E-state index is -0.938. The van der Waals surface area contributed by atoms with Gasteiger partial charge >= 0.3 is 5.97 Å². The van der Waals surface area contributed by atoms with Crippen LogP contribution in [0, 0.1) is 0 Å². The van der Waals surface area contributed by atoms with Gasteiger partial charge in [-0.25, -0.2) is 14.5 Å². The molecule has 0 unspecified atom stereocenters. The van der Waals surface area contributed by atoms with Gasteiger partial charge in [-0.3, -0.25) is 4.98 Å². The Morgan fingerprint density at radius 2 is 1.79 bits per heavy atom. The molecule has 0 saturated carbocycles. The fourth-order valence-corrected chi connectivity index (χ4v) is 3.27. The SMILES string of the molecule is CCCCc1nc(CCCC)n(Cc2ccc(-c3ccccc3C(=O)O)cn2)n1. The van der Waals surface area contributed by atoms with Crippen LogP contribution in [0.3, 0.4) is 0 Å². The summed E-state index contributed by atoms with van der Waals surface area (Å²) in [6.07, 6.45) is 7.97. The average molecular weight is 393 g/mol. The molecule has 0 fully saturated rings. The van der Waals surface area contributed by atoms with E-state index in [-0.39, 0.29) is 5.56 Å². The zero-order valence-corrected chi connectivity index (χ0v) is 17.1. The molecule has 0 saturated heterocycles. The van der Waals surface area contributed by atoms with E-state index < -0.39 is 5.97 Å². The number of carbonyl (C=O) groups is 1. The molecular weight excluding hydrogens is 364 g/mol. The van der Waals surface area contributed by atoms with Gasteiger partial charge in [-0.15, -0.1) is 0 Å². The van der Waals surface area contributed by atoms with Crippen LogP contribution in [0.1, 0.15) is 67.2 Å². The molecule has 1 aromatic carbocycles. The van der Waals surface area contributed by atoms with Crippen LogP contribution in [0.5, 0.6) is 0 Å². The Morgan fingerprint density at radius 3 is 2.48 bits per heavy atom. The summed E-state index contributed by atoms with van der Waals surface area (Å²) in [5.74, 6) is 0.984. The summed E-state index contributed by atoms with van der Waals surface area (Å²) >= 11 is 0. The number of aryl methyl sites for hydroxylation is 2. The van der Waals surface area contributed by atoms with Crippen molar-refractivity contribution in [1.29, 1.82) is 0 Å². The van der Waals surface area contributed by atoms with Gasteiger partial charge in [0, 0.05) is 24.6 Å². The van der Waals surface area contributed by atoms with E-state index in [1.54, 1.807) is 24.4 Å². The monoisotopic (exact) mass is 392 g/mol. The first-order valence-electron chi connectivity index (χ1n) is 10.3. The number of benzene rings is 1.